The van der Waals surface area contributed by atoms with Gasteiger partial charge in [-0.05, 0) is 50.8 Å². The number of carboxylic acid groups (broad SMARTS) is 1. The van der Waals surface area contributed by atoms with E-state index in [1.54, 1.807) is 0 Å². The van der Waals surface area contributed by atoms with Crippen LogP contribution in [0, 0.1) is 20.8 Å². The highest BCUT2D eigenvalue weighted by molar-refractivity contribution is 5.74. The third-order valence-electron chi connectivity index (χ3n) is 4.69. The van der Waals surface area contributed by atoms with E-state index in [9.17, 15) is 9.90 Å². The molecule has 2 unspecified atom stereocenters. The van der Waals surface area contributed by atoms with Crippen LogP contribution in [0.15, 0.2) is 36.5 Å². The van der Waals surface area contributed by atoms with Crippen LogP contribution in [0.3, 0.4) is 0 Å². The Hall–Kier alpha value is -2.20. The van der Waals surface area contributed by atoms with Crippen molar-refractivity contribution in [2.24, 2.45) is 0 Å². The predicted molar refractivity (Wildman–Crippen MR) is 94.1 cm³/mol. The Morgan fingerprint density at radius 1 is 1.17 bits per heavy atom. The zero-order chi connectivity index (χ0) is 17.3. The highest BCUT2D eigenvalue weighted by Gasteiger charge is 2.37. The van der Waals surface area contributed by atoms with Gasteiger partial charge in [0, 0.05) is 12.7 Å². The molecule has 0 radical (unpaired) electrons. The molecule has 1 aromatic carbocycles. The van der Waals surface area contributed by atoms with Gasteiger partial charge < -0.3 is 5.11 Å². The summed E-state index contributed by atoms with van der Waals surface area (Å²) in [7, 11) is 0. The highest BCUT2D eigenvalue weighted by Crippen LogP contribution is 2.34. The molecule has 2 heterocycles. The van der Waals surface area contributed by atoms with Gasteiger partial charge in [0.15, 0.2) is 0 Å². The first-order valence-corrected chi connectivity index (χ1v) is 8.45. The first-order chi connectivity index (χ1) is 11.5. The molecule has 0 bridgehead atoms. The van der Waals surface area contributed by atoms with Crippen molar-refractivity contribution in [2.45, 2.75) is 45.7 Å². The third-order valence-corrected chi connectivity index (χ3v) is 4.69. The smallest absolute Gasteiger partial charge is 0.320 e. The van der Waals surface area contributed by atoms with Crippen LogP contribution in [-0.2, 0) is 4.79 Å². The molecule has 0 saturated carbocycles. The van der Waals surface area contributed by atoms with Gasteiger partial charge in [0.05, 0.1) is 11.7 Å². The highest BCUT2D eigenvalue weighted by atomic mass is 16.4. The van der Waals surface area contributed by atoms with E-state index in [1.807, 2.05) is 25.3 Å². The Bertz CT molecular complexity index is 720. The van der Waals surface area contributed by atoms with Crippen LogP contribution in [-0.4, -0.2) is 33.5 Å². The number of nitrogens with zero attached hydrogens (tertiary/aromatic N) is 2. The minimum Gasteiger partial charge on any atom is -0.480 e. The van der Waals surface area contributed by atoms with Gasteiger partial charge in [0.1, 0.15) is 6.04 Å². The van der Waals surface area contributed by atoms with Gasteiger partial charge in [-0.2, -0.15) is 0 Å². The zero-order valence-electron chi connectivity index (χ0n) is 14.5. The molecule has 4 nitrogen and oxygen atoms in total. The number of hydrogen-bond donors (Lipinski definition) is 1. The molecule has 1 aromatic heterocycles. The summed E-state index contributed by atoms with van der Waals surface area (Å²) < 4.78 is 0. The molecule has 0 aliphatic carbocycles. The molecule has 0 amide bonds. The Balaban J connectivity index is 2.10. The predicted octanol–water partition coefficient (Wildman–Crippen LogP) is 3.65. The lowest BCUT2D eigenvalue weighted by Gasteiger charge is -2.31. The number of carbonyl (C=O) groups is 1. The SMILES string of the molecule is Cc1ccc(C(c2cc(C)cc(C)c2)N2CCCC2C(=O)O)nc1. The summed E-state index contributed by atoms with van der Waals surface area (Å²) in [5.41, 5.74) is 5.52. The van der Waals surface area contributed by atoms with Crippen LogP contribution < -0.4 is 0 Å². The molecule has 24 heavy (non-hydrogen) atoms. The molecule has 1 aliphatic rings. The van der Waals surface area contributed by atoms with Crippen molar-refractivity contribution in [3.8, 4) is 0 Å². The number of pyridine rings is 1. The molecule has 1 saturated heterocycles. The summed E-state index contributed by atoms with van der Waals surface area (Å²) in [6.45, 7) is 6.95. The van der Waals surface area contributed by atoms with E-state index in [-0.39, 0.29) is 6.04 Å². The van der Waals surface area contributed by atoms with Crippen LogP contribution in [0.25, 0.3) is 0 Å². The van der Waals surface area contributed by atoms with Gasteiger partial charge in [-0.15, -0.1) is 0 Å². The molecule has 1 N–H and O–H groups in total. The fraction of sp³-hybridized carbons (Fsp3) is 0.400. The summed E-state index contributed by atoms with van der Waals surface area (Å²) in [4.78, 5) is 18.4. The molecule has 4 heteroatoms. The van der Waals surface area contributed by atoms with Crippen LogP contribution in [0.5, 0.6) is 0 Å². The van der Waals surface area contributed by atoms with Crippen molar-refractivity contribution in [2.75, 3.05) is 6.54 Å². The van der Waals surface area contributed by atoms with Crippen LogP contribution in [0.1, 0.15) is 46.8 Å². The van der Waals surface area contributed by atoms with Crippen molar-refractivity contribution in [3.05, 3.63) is 64.5 Å². The Kier molecular flexibility index (Phi) is 4.67. The summed E-state index contributed by atoms with van der Waals surface area (Å²) in [6, 6.07) is 9.94. The monoisotopic (exact) mass is 324 g/mol. The minimum absolute atomic E-state index is 0.118. The number of likely N-dealkylation sites (tertiary alicyclic amines) is 1. The quantitative estimate of drug-likeness (QED) is 0.933. The number of carboxylic acids is 1. The van der Waals surface area contributed by atoms with Crippen molar-refractivity contribution in [3.63, 3.8) is 0 Å². The molecular weight excluding hydrogens is 300 g/mol. The van der Waals surface area contributed by atoms with Crippen molar-refractivity contribution < 1.29 is 9.90 Å². The molecule has 2 aromatic rings. The summed E-state index contributed by atoms with van der Waals surface area (Å²) in [6.07, 6.45) is 3.46. The summed E-state index contributed by atoms with van der Waals surface area (Å²) in [5, 5.41) is 9.62. The molecular formula is C20H24N2O2. The van der Waals surface area contributed by atoms with Crippen molar-refractivity contribution in [1.29, 1.82) is 0 Å². The van der Waals surface area contributed by atoms with E-state index in [2.05, 4.69) is 41.9 Å². The van der Waals surface area contributed by atoms with Gasteiger partial charge in [-0.1, -0.05) is 35.4 Å². The lowest BCUT2D eigenvalue weighted by Crippen LogP contribution is -2.39. The van der Waals surface area contributed by atoms with Gasteiger partial charge in [-0.25, -0.2) is 0 Å². The molecule has 126 valence electrons. The second-order valence-electron chi connectivity index (χ2n) is 6.82. The molecule has 1 aliphatic heterocycles. The lowest BCUT2D eigenvalue weighted by molar-refractivity contribution is -0.142. The van der Waals surface area contributed by atoms with E-state index in [4.69, 9.17) is 0 Å². The molecule has 1 fully saturated rings. The zero-order valence-corrected chi connectivity index (χ0v) is 14.5. The first-order valence-electron chi connectivity index (χ1n) is 8.45. The van der Waals surface area contributed by atoms with E-state index in [1.165, 1.54) is 11.1 Å². The Morgan fingerprint density at radius 2 is 1.88 bits per heavy atom. The van der Waals surface area contributed by atoms with Crippen molar-refractivity contribution in [1.82, 2.24) is 9.88 Å². The van der Waals surface area contributed by atoms with Gasteiger partial charge in [0.25, 0.3) is 0 Å². The number of benzene rings is 1. The average molecular weight is 324 g/mol. The maximum absolute atomic E-state index is 11.7. The number of rotatable bonds is 4. The van der Waals surface area contributed by atoms with Gasteiger partial charge >= 0.3 is 5.97 Å². The minimum atomic E-state index is -0.742. The standard InChI is InChI=1S/C20H24N2O2/c1-13-6-7-17(21-12-13)19(16-10-14(2)9-15(3)11-16)22-8-4-5-18(22)20(23)24/h6-7,9-12,18-19H,4-5,8H2,1-3H3,(H,23,24). The average Bonchev–Trinajstić information content (AvgIpc) is 2.98. The molecule has 0 spiro atoms. The van der Waals surface area contributed by atoms with Crippen molar-refractivity contribution >= 4 is 5.97 Å². The normalized spacial score (nSPS) is 19.4. The van der Waals surface area contributed by atoms with E-state index < -0.39 is 12.0 Å². The first kappa shape index (κ1) is 16.7. The molecule has 3 rings (SSSR count). The topological polar surface area (TPSA) is 53.4 Å². The van der Waals surface area contributed by atoms with E-state index in [0.717, 1.165) is 29.8 Å². The van der Waals surface area contributed by atoms with E-state index in [0.29, 0.717) is 6.42 Å². The largest absolute Gasteiger partial charge is 0.480 e. The Labute approximate surface area is 143 Å². The van der Waals surface area contributed by atoms with Crippen LogP contribution >= 0.6 is 0 Å². The summed E-state index contributed by atoms with van der Waals surface area (Å²) in [5.74, 6) is -0.742. The van der Waals surface area contributed by atoms with Gasteiger partial charge in [0.2, 0.25) is 0 Å². The number of aliphatic carboxylic acids is 1. The van der Waals surface area contributed by atoms with E-state index >= 15 is 0 Å². The summed E-state index contributed by atoms with van der Waals surface area (Å²) >= 11 is 0. The number of aromatic nitrogens is 1. The van der Waals surface area contributed by atoms with Gasteiger partial charge in [-0.3, -0.25) is 14.7 Å². The van der Waals surface area contributed by atoms with Crippen LogP contribution in [0.2, 0.25) is 0 Å². The number of aryl methyl sites for hydroxylation is 3. The second-order valence-corrected chi connectivity index (χ2v) is 6.82. The molecule has 2 atom stereocenters. The van der Waals surface area contributed by atoms with Crippen LogP contribution in [0.4, 0.5) is 0 Å². The second kappa shape index (κ2) is 6.73. The fourth-order valence-electron chi connectivity index (χ4n) is 3.70. The number of hydrogen-bond acceptors (Lipinski definition) is 3. The Morgan fingerprint density at radius 3 is 2.46 bits per heavy atom. The maximum atomic E-state index is 11.7. The lowest BCUT2D eigenvalue weighted by atomic mass is 9.96. The maximum Gasteiger partial charge on any atom is 0.320 e. The third kappa shape index (κ3) is 3.34. The fourth-order valence-corrected chi connectivity index (χ4v) is 3.70.